The van der Waals surface area contributed by atoms with E-state index in [1.54, 1.807) is 6.20 Å². The van der Waals surface area contributed by atoms with Crippen molar-refractivity contribution < 1.29 is 9.59 Å². The lowest BCUT2D eigenvalue weighted by atomic mass is 10.1. The molecule has 0 spiro atoms. The summed E-state index contributed by atoms with van der Waals surface area (Å²) < 4.78 is 1.22. The van der Waals surface area contributed by atoms with Crippen LogP contribution < -0.4 is 16.4 Å². The van der Waals surface area contributed by atoms with Crippen molar-refractivity contribution in [3.8, 4) is 0 Å². The highest BCUT2D eigenvalue weighted by atomic mass is 16.2. The van der Waals surface area contributed by atoms with Crippen LogP contribution in [0, 0.1) is 0 Å². The van der Waals surface area contributed by atoms with Crippen LogP contribution in [0.3, 0.4) is 0 Å². The summed E-state index contributed by atoms with van der Waals surface area (Å²) in [5, 5.41) is 4.95. The molecule has 2 aromatic heterocycles. The Kier molecular flexibility index (Phi) is 5.12. The molecule has 3 aromatic rings. The monoisotopic (exact) mass is 353 g/mol. The molecule has 3 rings (SSSR count). The van der Waals surface area contributed by atoms with Gasteiger partial charge in [0.05, 0.1) is 6.42 Å². The van der Waals surface area contributed by atoms with Gasteiger partial charge in [0.1, 0.15) is 0 Å². The maximum Gasteiger partial charge on any atom is 0.290 e. The average Bonchev–Trinajstić information content (AvgIpc) is 3.05. The number of H-pyrrole nitrogens is 1. The van der Waals surface area contributed by atoms with E-state index in [2.05, 4.69) is 20.9 Å². The molecule has 0 radical (unpaired) electrons. The number of carbonyl (C=O) groups excluding carboxylic acids is 2. The van der Waals surface area contributed by atoms with Gasteiger partial charge in [0.15, 0.2) is 5.69 Å². The van der Waals surface area contributed by atoms with Gasteiger partial charge in [0, 0.05) is 29.7 Å². The minimum absolute atomic E-state index is 0.0606. The lowest BCUT2D eigenvalue weighted by Gasteiger charge is -2.08. The van der Waals surface area contributed by atoms with Crippen LogP contribution in [0.1, 0.15) is 29.4 Å². The minimum Gasteiger partial charge on any atom is -0.361 e. The first-order valence-corrected chi connectivity index (χ1v) is 8.31. The van der Waals surface area contributed by atoms with Gasteiger partial charge in [0.2, 0.25) is 5.91 Å². The van der Waals surface area contributed by atoms with Crippen LogP contribution in [0.15, 0.2) is 47.4 Å². The topological polar surface area (TPSA) is 109 Å². The first-order valence-electron chi connectivity index (χ1n) is 8.31. The minimum atomic E-state index is -0.581. The highest BCUT2D eigenvalue weighted by Crippen LogP contribution is 2.17. The summed E-state index contributed by atoms with van der Waals surface area (Å²) in [4.78, 5) is 38.9. The zero-order valence-corrected chi connectivity index (χ0v) is 14.3. The van der Waals surface area contributed by atoms with Crippen molar-refractivity contribution >= 4 is 22.7 Å². The van der Waals surface area contributed by atoms with E-state index in [4.69, 9.17) is 0 Å². The molecule has 134 valence electrons. The Morgan fingerprint density at radius 1 is 1.15 bits per heavy atom. The standard InChI is InChI=1S/C18H19N5O3/c1-2-9-23-17(25)8-7-15(22-23)18(26)21-20-16(24)10-12-11-19-14-6-4-3-5-13(12)14/h3-8,11,19H,2,9-10H2,1H3,(H,20,24)(H,21,26). The summed E-state index contributed by atoms with van der Waals surface area (Å²) >= 11 is 0. The molecule has 0 aliphatic rings. The van der Waals surface area contributed by atoms with Gasteiger partial charge in [-0.15, -0.1) is 0 Å². The second kappa shape index (κ2) is 7.64. The molecule has 0 aliphatic heterocycles. The number of hydrogen-bond acceptors (Lipinski definition) is 4. The van der Waals surface area contributed by atoms with E-state index in [0.29, 0.717) is 6.54 Å². The van der Waals surface area contributed by atoms with E-state index in [1.165, 1.54) is 16.8 Å². The van der Waals surface area contributed by atoms with E-state index in [1.807, 2.05) is 31.2 Å². The number of nitrogens with one attached hydrogen (secondary N) is 3. The van der Waals surface area contributed by atoms with Gasteiger partial charge < -0.3 is 4.98 Å². The summed E-state index contributed by atoms with van der Waals surface area (Å²) in [5.41, 5.74) is 6.26. The Bertz CT molecular complexity index is 1010. The molecule has 0 unspecified atom stereocenters. The maximum atomic E-state index is 12.1. The van der Waals surface area contributed by atoms with Crippen LogP contribution in [-0.2, 0) is 17.8 Å². The van der Waals surface area contributed by atoms with E-state index >= 15 is 0 Å². The second-order valence-corrected chi connectivity index (χ2v) is 5.82. The van der Waals surface area contributed by atoms with Gasteiger partial charge in [-0.25, -0.2) is 4.68 Å². The molecular weight excluding hydrogens is 334 g/mol. The molecule has 8 nitrogen and oxygen atoms in total. The van der Waals surface area contributed by atoms with Gasteiger partial charge >= 0.3 is 0 Å². The van der Waals surface area contributed by atoms with E-state index in [9.17, 15) is 14.4 Å². The van der Waals surface area contributed by atoms with Gasteiger partial charge in [0.25, 0.3) is 11.5 Å². The van der Waals surface area contributed by atoms with Crippen LogP contribution >= 0.6 is 0 Å². The third-order valence-corrected chi connectivity index (χ3v) is 3.88. The molecule has 3 N–H and O–H groups in total. The number of rotatable bonds is 5. The smallest absolute Gasteiger partial charge is 0.290 e. The molecule has 0 saturated heterocycles. The highest BCUT2D eigenvalue weighted by molar-refractivity contribution is 5.94. The summed E-state index contributed by atoms with van der Waals surface area (Å²) in [6.07, 6.45) is 2.61. The van der Waals surface area contributed by atoms with Crippen molar-refractivity contribution in [3.63, 3.8) is 0 Å². The molecular formula is C18H19N5O3. The maximum absolute atomic E-state index is 12.1. The van der Waals surface area contributed by atoms with E-state index < -0.39 is 5.91 Å². The number of benzene rings is 1. The normalized spacial score (nSPS) is 10.7. The van der Waals surface area contributed by atoms with E-state index in [0.717, 1.165) is 22.9 Å². The Morgan fingerprint density at radius 3 is 2.77 bits per heavy atom. The first-order chi connectivity index (χ1) is 12.6. The van der Waals surface area contributed by atoms with Gasteiger partial charge in [-0.3, -0.25) is 25.2 Å². The van der Waals surface area contributed by atoms with Crippen molar-refractivity contribution in [2.45, 2.75) is 26.3 Å². The van der Waals surface area contributed by atoms with Gasteiger partial charge in [-0.2, -0.15) is 5.10 Å². The number of fused-ring (bicyclic) bond motifs is 1. The van der Waals surface area contributed by atoms with Crippen LogP contribution in [-0.4, -0.2) is 26.6 Å². The number of aryl methyl sites for hydroxylation is 1. The quantitative estimate of drug-likeness (QED) is 0.598. The van der Waals surface area contributed by atoms with Gasteiger partial charge in [-0.05, 0) is 24.1 Å². The van der Waals surface area contributed by atoms with Crippen molar-refractivity contribution in [3.05, 3.63) is 64.2 Å². The first kappa shape index (κ1) is 17.4. The SMILES string of the molecule is CCCn1nc(C(=O)NNC(=O)Cc2c[nH]c3ccccc23)ccc1=O. The lowest BCUT2D eigenvalue weighted by molar-refractivity contribution is -0.121. The average molecular weight is 353 g/mol. The zero-order chi connectivity index (χ0) is 18.5. The van der Waals surface area contributed by atoms with Crippen LogP contribution in [0.5, 0.6) is 0 Å². The second-order valence-electron chi connectivity index (χ2n) is 5.82. The number of nitrogens with zero attached hydrogens (tertiary/aromatic N) is 2. The summed E-state index contributed by atoms with van der Waals surface area (Å²) in [6.45, 7) is 2.33. The fourth-order valence-corrected chi connectivity index (χ4v) is 2.63. The molecule has 0 fully saturated rings. The predicted molar refractivity (Wildman–Crippen MR) is 96.4 cm³/mol. The summed E-state index contributed by atoms with van der Waals surface area (Å²) in [6, 6.07) is 10.3. The third kappa shape index (κ3) is 3.80. The van der Waals surface area contributed by atoms with Crippen LogP contribution in [0.4, 0.5) is 0 Å². The molecule has 2 amide bonds. The molecule has 26 heavy (non-hydrogen) atoms. The van der Waals surface area contributed by atoms with Gasteiger partial charge in [-0.1, -0.05) is 25.1 Å². The predicted octanol–water partition coefficient (Wildman–Crippen LogP) is 1.14. The molecule has 0 saturated carbocycles. The van der Waals surface area contributed by atoms with Crippen LogP contribution in [0.25, 0.3) is 10.9 Å². The molecule has 0 aliphatic carbocycles. The number of aromatic nitrogens is 3. The number of para-hydroxylation sites is 1. The Morgan fingerprint density at radius 2 is 1.96 bits per heavy atom. The van der Waals surface area contributed by atoms with Crippen molar-refractivity contribution in [2.75, 3.05) is 0 Å². The van der Waals surface area contributed by atoms with E-state index in [-0.39, 0.29) is 23.6 Å². The van der Waals surface area contributed by atoms with Crippen molar-refractivity contribution in [1.29, 1.82) is 0 Å². The molecule has 8 heteroatoms. The molecule has 1 aromatic carbocycles. The molecule has 2 heterocycles. The zero-order valence-electron chi connectivity index (χ0n) is 14.3. The summed E-state index contributed by atoms with van der Waals surface area (Å²) in [7, 11) is 0. The summed E-state index contributed by atoms with van der Waals surface area (Å²) in [5.74, 6) is -0.938. The number of amides is 2. The van der Waals surface area contributed by atoms with Crippen molar-refractivity contribution in [1.82, 2.24) is 25.6 Å². The number of hydrogen-bond donors (Lipinski definition) is 3. The Balaban J connectivity index is 1.61. The molecule has 0 bridgehead atoms. The molecule has 0 atom stereocenters. The Hall–Kier alpha value is -3.42. The van der Waals surface area contributed by atoms with Crippen LogP contribution in [0.2, 0.25) is 0 Å². The third-order valence-electron chi connectivity index (χ3n) is 3.88. The number of carbonyl (C=O) groups is 2. The number of aromatic amines is 1. The van der Waals surface area contributed by atoms with Crippen molar-refractivity contribution in [2.24, 2.45) is 0 Å². The largest absolute Gasteiger partial charge is 0.361 e. The Labute approximate surface area is 149 Å². The fraction of sp³-hybridized carbons (Fsp3) is 0.222. The number of hydrazine groups is 1. The lowest BCUT2D eigenvalue weighted by Crippen LogP contribution is -2.43. The fourth-order valence-electron chi connectivity index (χ4n) is 2.63. The highest BCUT2D eigenvalue weighted by Gasteiger charge is 2.12.